The third-order valence-corrected chi connectivity index (χ3v) is 6.90. The molecule has 180 valence electrons. The number of fused-ring (bicyclic) bond motifs is 4. The van der Waals surface area contributed by atoms with Crippen LogP contribution in [-0.2, 0) is 18.9 Å². The number of ether oxygens (including phenoxy) is 3. The van der Waals surface area contributed by atoms with Crippen molar-refractivity contribution in [3.8, 4) is 17.2 Å². The van der Waals surface area contributed by atoms with Crippen LogP contribution in [0.1, 0.15) is 39.4 Å². The smallest absolute Gasteiger partial charge is 0.328 e. The van der Waals surface area contributed by atoms with Crippen LogP contribution in [0.5, 0.6) is 17.2 Å². The standard InChI is InChI=1S/C28H22N2O6/c1-29-19-10-8-15(12-20(19)30(2)28(29)33)18-14-24(31)35-22-11-9-17-26(32)23(36-27(17)25(18)22)13-16-6-4-5-7-21(16)34-3/h4-13,18H,14H2,1-3H3. The molecular weight excluding hydrogens is 460 g/mol. The molecule has 0 spiro atoms. The van der Waals surface area contributed by atoms with Crippen LogP contribution in [0.2, 0.25) is 0 Å². The first-order valence-electron chi connectivity index (χ1n) is 11.5. The Morgan fingerprint density at radius 2 is 1.72 bits per heavy atom. The number of benzene rings is 3. The predicted molar refractivity (Wildman–Crippen MR) is 133 cm³/mol. The highest BCUT2D eigenvalue weighted by atomic mass is 16.5. The highest BCUT2D eigenvalue weighted by Gasteiger charge is 2.38. The molecule has 0 saturated carbocycles. The molecule has 8 nitrogen and oxygen atoms in total. The zero-order valence-electron chi connectivity index (χ0n) is 19.9. The van der Waals surface area contributed by atoms with Crippen LogP contribution in [0.3, 0.4) is 0 Å². The first-order valence-corrected chi connectivity index (χ1v) is 11.5. The second-order valence-corrected chi connectivity index (χ2v) is 8.92. The van der Waals surface area contributed by atoms with Crippen molar-refractivity contribution in [2.45, 2.75) is 12.3 Å². The molecule has 2 aliphatic rings. The molecule has 0 saturated heterocycles. The molecule has 4 aromatic rings. The van der Waals surface area contributed by atoms with Crippen molar-refractivity contribution < 1.29 is 23.8 Å². The molecule has 0 bridgehead atoms. The number of imidazole rings is 1. The van der Waals surface area contributed by atoms with E-state index >= 15 is 0 Å². The average molecular weight is 482 g/mol. The Morgan fingerprint density at radius 3 is 2.53 bits per heavy atom. The summed E-state index contributed by atoms with van der Waals surface area (Å²) >= 11 is 0. The minimum atomic E-state index is -0.408. The summed E-state index contributed by atoms with van der Waals surface area (Å²) in [6.07, 6.45) is 1.74. The molecule has 0 amide bonds. The van der Waals surface area contributed by atoms with Crippen LogP contribution in [0, 0.1) is 0 Å². The Bertz CT molecular complexity index is 1690. The maximum atomic E-state index is 13.3. The summed E-state index contributed by atoms with van der Waals surface area (Å²) in [5.74, 6) is 0.502. The largest absolute Gasteiger partial charge is 0.496 e. The van der Waals surface area contributed by atoms with E-state index in [1.54, 1.807) is 48.5 Å². The molecule has 3 heterocycles. The molecule has 3 aromatic carbocycles. The number of carbonyl (C=O) groups excluding carboxylic acids is 2. The van der Waals surface area contributed by atoms with E-state index in [9.17, 15) is 14.4 Å². The second-order valence-electron chi connectivity index (χ2n) is 8.92. The van der Waals surface area contributed by atoms with E-state index in [0.717, 1.165) is 16.6 Å². The van der Waals surface area contributed by atoms with Gasteiger partial charge in [0.2, 0.25) is 5.78 Å². The zero-order chi connectivity index (χ0) is 25.1. The van der Waals surface area contributed by atoms with E-state index < -0.39 is 5.92 Å². The number of para-hydroxylation sites is 1. The number of hydrogen-bond donors (Lipinski definition) is 0. The van der Waals surface area contributed by atoms with Gasteiger partial charge in [0, 0.05) is 31.1 Å². The highest BCUT2D eigenvalue weighted by Crippen LogP contribution is 2.49. The molecule has 1 unspecified atom stereocenters. The third-order valence-electron chi connectivity index (χ3n) is 6.90. The van der Waals surface area contributed by atoms with Gasteiger partial charge >= 0.3 is 11.7 Å². The molecule has 0 radical (unpaired) electrons. The van der Waals surface area contributed by atoms with Gasteiger partial charge in [0.1, 0.15) is 17.2 Å². The molecule has 0 aliphatic carbocycles. The molecule has 8 heteroatoms. The van der Waals surface area contributed by atoms with Gasteiger partial charge in [-0.15, -0.1) is 0 Å². The van der Waals surface area contributed by atoms with Crippen LogP contribution >= 0.6 is 0 Å². The van der Waals surface area contributed by atoms with Crippen LogP contribution in [0.25, 0.3) is 17.1 Å². The van der Waals surface area contributed by atoms with Gasteiger partial charge in [0.25, 0.3) is 0 Å². The van der Waals surface area contributed by atoms with Crippen molar-refractivity contribution in [2.24, 2.45) is 14.1 Å². The number of nitrogens with zero attached hydrogens (tertiary/aromatic N) is 2. The first-order chi connectivity index (χ1) is 17.4. The number of allylic oxidation sites excluding steroid dienone is 1. The maximum absolute atomic E-state index is 13.3. The third kappa shape index (κ3) is 3.18. The monoisotopic (exact) mass is 482 g/mol. The van der Waals surface area contributed by atoms with Crippen molar-refractivity contribution in [3.05, 3.63) is 93.1 Å². The lowest BCUT2D eigenvalue weighted by molar-refractivity contribution is -0.135. The van der Waals surface area contributed by atoms with Gasteiger partial charge < -0.3 is 14.2 Å². The second kappa shape index (κ2) is 7.98. The van der Waals surface area contributed by atoms with Crippen molar-refractivity contribution in [2.75, 3.05) is 7.11 Å². The van der Waals surface area contributed by atoms with E-state index in [-0.39, 0.29) is 29.6 Å². The number of methoxy groups -OCH3 is 1. The Morgan fingerprint density at radius 1 is 0.944 bits per heavy atom. The van der Waals surface area contributed by atoms with Crippen LogP contribution in [-0.4, -0.2) is 28.0 Å². The number of Topliss-reactive ketones (excluding diaryl/α,β-unsaturated/α-hetero) is 1. The molecule has 1 aromatic heterocycles. The predicted octanol–water partition coefficient (Wildman–Crippen LogP) is 3.94. The van der Waals surface area contributed by atoms with Crippen molar-refractivity contribution >= 4 is 28.9 Å². The summed E-state index contributed by atoms with van der Waals surface area (Å²) in [5, 5.41) is 0. The topological polar surface area (TPSA) is 88.8 Å². The van der Waals surface area contributed by atoms with Gasteiger partial charge in [-0.3, -0.25) is 18.7 Å². The first kappa shape index (κ1) is 21.9. The highest BCUT2D eigenvalue weighted by molar-refractivity contribution is 6.15. The normalized spacial score (nSPS) is 17.6. The quantitative estimate of drug-likeness (QED) is 0.250. The Kier molecular flexibility index (Phi) is 4.86. The van der Waals surface area contributed by atoms with E-state index in [0.29, 0.717) is 33.9 Å². The number of esters is 1. The average Bonchev–Trinajstić information content (AvgIpc) is 3.31. The fourth-order valence-corrected chi connectivity index (χ4v) is 5.06. The van der Waals surface area contributed by atoms with Gasteiger partial charge in [-0.05, 0) is 42.0 Å². The van der Waals surface area contributed by atoms with Crippen molar-refractivity contribution in [3.63, 3.8) is 0 Å². The maximum Gasteiger partial charge on any atom is 0.328 e. The Labute approximate surface area is 205 Å². The van der Waals surface area contributed by atoms with Gasteiger partial charge in [-0.2, -0.15) is 0 Å². The lowest BCUT2D eigenvalue weighted by Gasteiger charge is -2.26. The summed E-state index contributed by atoms with van der Waals surface area (Å²) in [6.45, 7) is 0. The van der Waals surface area contributed by atoms with Crippen LogP contribution in [0.15, 0.2) is 65.2 Å². The Balaban J connectivity index is 1.49. The van der Waals surface area contributed by atoms with E-state index in [4.69, 9.17) is 14.2 Å². The van der Waals surface area contributed by atoms with Crippen molar-refractivity contribution in [1.82, 2.24) is 9.13 Å². The SMILES string of the molecule is COc1ccccc1C=C1Oc2c(ccc3c2C(c2ccc4c(c2)n(C)c(=O)n4C)CC(=O)O3)C1=O. The van der Waals surface area contributed by atoms with Gasteiger partial charge in [0.05, 0.1) is 30.1 Å². The van der Waals surface area contributed by atoms with Crippen LogP contribution < -0.4 is 19.9 Å². The molecule has 0 fully saturated rings. The van der Waals surface area contributed by atoms with Gasteiger partial charge in [0.15, 0.2) is 5.76 Å². The number of hydrogen-bond acceptors (Lipinski definition) is 6. The van der Waals surface area contributed by atoms with Crippen molar-refractivity contribution in [1.29, 1.82) is 0 Å². The summed E-state index contributed by atoms with van der Waals surface area (Å²) < 4.78 is 20.2. The number of ketones is 1. The molecule has 36 heavy (non-hydrogen) atoms. The van der Waals surface area contributed by atoms with Crippen LogP contribution in [0.4, 0.5) is 0 Å². The van der Waals surface area contributed by atoms with Gasteiger partial charge in [-0.25, -0.2) is 4.79 Å². The van der Waals surface area contributed by atoms with E-state index in [2.05, 4.69) is 0 Å². The van der Waals surface area contributed by atoms with Gasteiger partial charge in [-0.1, -0.05) is 24.3 Å². The lowest BCUT2D eigenvalue weighted by atomic mass is 9.84. The number of aryl methyl sites for hydroxylation is 2. The minimum Gasteiger partial charge on any atom is -0.496 e. The van der Waals surface area contributed by atoms with E-state index in [1.165, 1.54) is 0 Å². The summed E-state index contributed by atoms with van der Waals surface area (Å²) in [5.41, 5.74) is 4.00. The fourth-order valence-electron chi connectivity index (χ4n) is 5.06. The molecule has 1 atom stereocenters. The number of carbonyl (C=O) groups is 2. The number of aromatic nitrogens is 2. The summed E-state index contributed by atoms with van der Waals surface area (Å²) in [7, 11) is 5.00. The van der Waals surface area contributed by atoms with E-state index in [1.807, 2.05) is 42.5 Å². The number of rotatable bonds is 3. The summed E-state index contributed by atoms with van der Waals surface area (Å²) in [6, 6.07) is 16.3. The zero-order valence-corrected chi connectivity index (χ0v) is 19.9. The fraction of sp³-hybridized carbons (Fsp3) is 0.179. The summed E-state index contributed by atoms with van der Waals surface area (Å²) in [4.78, 5) is 38.2. The minimum absolute atomic E-state index is 0.0822. The molecular formula is C28H22N2O6. The Hall–Kier alpha value is -4.59. The lowest BCUT2D eigenvalue weighted by Crippen LogP contribution is -2.21. The molecule has 2 aliphatic heterocycles. The molecule has 0 N–H and O–H groups in total. The molecule has 6 rings (SSSR count).